The number of carbonyl (C=O) groups is 1. The summed E-state index contributed by atoms with van der Waals surface area (Å²) in [6, 6.07) is 7.82. The Bertz CT molecular complexity index is 488. The maximum Gasteiger partial charge on any atom is 0.240 e. The lowest BCUT2D eigenvalue weighted by atomic mass is 9.82. The molecule has 0 atom stereocenters. The Hall–Kier alpha value is -1.30. The van der Waals surface area contributed by atoms with E-state index in [-0.39, 0.29) is 18.3 Å². The summed E-state index contributed by atoms with van der Waals surface area (Å²) in [5.41, 5.74) is 6.65. The quantitative estimate of drug-likeness (QED) is 0.702. The van der Waals surface area contributed by atoms with Gasteiger partial charge in [0.2, 0.25) is 5.91 Å². The zero-order chi connectivity index (χ0) is 16.5. The Morgan fingerprint density at radius 3 is 2.50 bits per heavy atom. The van der Waals surface area contributed by atoms with Crippen LogP contribution in [0.5, 0.6) is 5.75 Å². The van der Waals surface area contributed by atoms with Crippen LogP contribution < -0.4 is 15.8 Å². The van der Waals surface area contributed by atoms with Gasteiger partial charge in [-0.25, -0.2) is 0 Å². The van der Waals surface area contributed by atoms with E-state index in [1.807, 2.05) is 24.3 Å². The molecule has 1 aliphatic carbocycles. The highest BCUT2D eigenvalue weighted by Crippen LogP contribution is 2.25. The van der Waals surface area contributed by atoms with Crippen LogP contribution in [0, 0.1) is 0 Å². The van der Waals surface area contributed by atoms with E-state index in [2.05, 4.69) is 5.32 Å². The fourth-order valence-corrected chi connectivity index (χ4v) is 2.87. The van der Waals surface area contributed by atoms with Gasteiger partial charge >= 0.3 is 0 Å². The number of hydrogen-bond donors (Lipinski definition) is 2. The second kappa shape index (κ2) is 10.5. The minimum absolute atomic E-state index is 0. The highest BCUT2D eigenvalue weighted by Gasteiger charge is 2.34. The number of nitrogens with two attached hydrogens (primary N) is 1. The van der Waals surface area contributed by atoms with Gasteiger partial charge in [0.25, 0.3) is 0 Å². The maximum atomic E-state index is 12.1. The van der Waals surface area contributed by atoms with Crippen LogP contribution in [0.15, 0.2) is 24.3 Å². The van der Waals surface area contributed by atoms with Crippen LogP contribution in [0.2, 0.25) is 0 Å². The van der Waals surface area contributed by atoms with E-state index in [1.54, 1.807) is 7.11 Å². The topological polar surface area (TPSA) is 73.6 Å². The van der Waals surface area contributed by atoms with E-state index >= 15 is 0 Å². The van der Waals surface area contributed by atoms with Gasteiger partial charge in [-0.1, -0.05) is 31.4 Å². The van der Waals surface area contributed by atoms with Gasteiger partial charge in [0, 0.05) is 13.2 Å². The Balaban J connectivity index is 0.00000288. The number of carbonyl (C=O) groups excluding carboxylic acids is 1. The van der Waals surface area contributed by atoms with E-state index in [1.165, 1.54) is 6.42 Å². The molecule has 136 valence electrons. The van der Waals surface area contributed by atoms with Crippen molar-refractivity contribution < 1.29 is 14.3 Å². The summed E-state index contributed by atoms with van der Waals surface area (Å²) in [4.78, 5) is 12.1. The normalized spacial score (nSPS) is 16.1. The first-order chi connectivity index (χ1) is 11.1. The van der Waals surface area contributed by atoms with Gasteiger partial charge in [-0.15, -0.1) is 12.4 Å². The monoisotopic (exact) mass is 356 g/mol. The summed E-state index contributed by atoms with van der Waals surface area (Å²) in [6.45, 7) is 1.79. The molecule has 1 fully saturated rings. The predicted molar refractivity (Wildman–Crippen MR) is 97.5 cm³/mol. The van der Waals surface area contributed by atoms with Crippen molar-refractivity contribution in [2.45, 2.75) is 50.7 Å². The predicted octanol–water partition coefficient (Wildman–Crippen LogP) is 2.80. The number of rotatable bonds is 8. The van der Waals surface area contributed by atoms with Crippen molar-refractivity contribution in [3.8, 4) is 5.75 Å². The fourth-order valence-electron chi connectivity index (χ4n) is 2.87. The van der Waals surface area contributed by atoms with Crippen LogP contribution in [-0.4, -0.2) is 31.7 Å². The Labute approximate surface area is 150 Å². The molecule has 1 aliphatic rings. The standard InChI is InChI=1S/C18H28N2O3.ClH/c1-22-16-8-6-15(7-9-16)14-23-13-5-12-20-17(21)18(19)10-3-2-4-11-18;/h6-9H,2-5,10-14,19H2,1H3,(H,20,21);1H. The molecule has 1 saturated carbocycles. The Morgan fingerprint density at radius 2 is 1.88 bits per heavy atom. The van der Waals surface area contributed by atoms with Crippen molar-refractivity contribution in [2.75, 3.05) is 20.3 Å². The molecule has 0 spiro atoms. The summed E-state index contributed by atoms with van der Waals surface area (Å²) in [6.07, 6.45) is 5.67. The first-order valence-corrected chi connectivity index (χ1v) is 8.42. The van der Waals surface area contributed by atoms with Crippen LogP contribution in [0.25, 0.3) is 0 Å². The van der Waals surface area contributed by atoms with E-state index in [9.17, 15) is 4.79 Å². The molecule has 6 heteroatoms. The van der Waals surface area contributed by atoms with Gasteiger partial charge in [-0.05, 0) is 37.0 Å². The largest absolute Gasteiger partial charge is 0.497 e. The molecule has 1 aromatic rings. The van der Waals surface area contributed by atoms with Gasteiger partial charge in [0.1, 0.15) is 5.75 Å². The molecule has 0 saturated heterocycles. The smallest absolute Gasteiger partial charge is 0.240 e. The van der Waals surface area contributed by atoms with Crippen molar-refractivity contribution in [2.24, 2.45) is 5.73 Å². The molecule has 3 N–H and O–H groups in total. The van der Waals surface area contributed by atoms with Gasteiger partial charge in [0.15, 0.2) is 0 Å². The first kappa shape index (κ1) is 20.7. The number of amides is 1. The van der Waals surface area contributed by atoms with Gasteiger partial charge in [-0.2, -0.15) is 0 Å². The third-order valence-electron chi connectivity index (χ3n) is 4.38. The lowest BCUT2D eigenvalue weighted by Crippen LogP contribution is -2.55. The van der Waals surface area contributed by atoms with E-state index in [4.69, 9.17) is 15.2 Å². The van der Waals surface area contributed by atoms with Gasteiger partial charge in [0.05, 0.1) is 19.3 Å². The second-order valence-corrected chi connectivity index (χ2v) is 6.23. The molecule has 0 aromatic heterocycles. The lowest BCUT2D eigenvalue weighted by molar-refractivity contribution is -0.127. The minimum Gasteiger partial charge on any atom is -0.497 e. The summed E-state index contributed by atoms with van der Waals surface area (Å²) in [5, 5.41) is 2.95. The number of ether oxygens (including phenoxy) is 2. The molecule has 5 nitrogen and oxygen atoms in total. The Morgan fingerprint density at radius 1 is 1.21 bits per heavy atom. The van der Waals surface area contributed by atoms with Crippen LogP contribution in [0.3, 0.4) is 0 Å². The van der Waals surface area contributed by atoms with Gasteiger partial charge in [-0.3, -0.25) is 4.79 Å². The number of hydrogen-bond acceptors (Lipinski definition) is 4. The van der Waals surface area contributed by atoms with E-state index < -0.39 is 5.54 Å². The van der Waals surface area contributed by atoms with Crippen molar-refractivity contribution >= 4 is 18.3 Å². The molecular weight excluding hydrogens is 328 g/mol. The molecule has 1 amide bonds. The average Bonchev–Trinajstić information content (AvgIpc) is 2.59. The zero-order valence-corrected chi connectivity index (χ0v) is 15.2. The Kier molecular flexibility index (Phi) is 9.11. The van der Waals surface area contributed by atoms with Crippen LogP contribution in [0.1, 0.15) is 44.1 Å². The highest BCUT2D eigenvalue weighted by molar-refractivity contribution is 5.86. The summed E-state index contributed by atoms with van der Waals surface area (Å²) < 4.78 is 10.7. The molecule has 2 rings (SSSR count). The third kappa shape index (κ3) is 6.30. The van der Waals surface area contributed by atoms with Crippen molar-refractivity contribution in [3.05, 3.63) is 29.8 Å². The van der Waals surface area contributed by atoms with Crippen LogP contribution in [0.4, 0.5) is 0 Å². The molecule has 0 unspecified atom stereocenters. The van der Waals surface area contributed by atoms with E-state index in [0.717, 1.165) is 43.4 Å². The lowest BCUT2D eigenvalue weighted by Gasteiger charge is -2.31. The van der Waals surface area contributed by atoms with Crippen LogP contribution >= 0.6 is 12.4 Å². The zero-order valence-electron chi connectivity index (χ0n) is 14.4. The second-order valence-electron chi connectivity index (χ2n) is 6.23. The molecule has 0 heterocycles. The summed E-state index contributed by atoms with van der Waals surface area (Å²) in [7, 11) is 1.65. The number of halogens is 1. The molecule has 1 aromatic carbocycles. The fraction of sp³-hybridized carbons (Fsp3) is 0.611. The maximum absolute atomic E-state index is 12.1. The third-order valence-corrected chi connectivity index (χ3v) is 4.38. The van der Waals surface area contributed by atoms with Crippen molar-refractivity contribution in [3.63, 3.8) is 0 Å². The summed E-state index contributed by atoms with van der Waals surface area (Å²) >= 11 is 0. The number of benzene rings is 1. The van der Waals surface area contributed by atoms with Crippen LogP contribution in [-0.2, 0) is 16.1 Å². The molecule has 0 radical (unpaired) electrons. The average molecular weight is 357 g/mol. The van der Waals surface area contributed by atoms with Crippen molar-refractivity contribution in [1.29, 1.82) is 0 Å². The highest BCUT2D eigenvalue weighted by atomic mass is 35.5. The number of nitrogens with one attached hydrogen (secondary N) is 1. The number of methoxy groups -OCH3 is 1. The molecule has 0 aliphatic heterocycles. The summed E-state index contributed by atoms with van der Waals surface area (Å²) in [5.74, 6) is 0.835. The minimum atomic E-state index is -0.651. The molecule has 24 heavy (non-hydrogen) atoms. The SMILES string of the molecule is COc1ccc(COCCCNC(=O)C2(N)CCCCC2)cc1.Cl. The first-order valence-electron chi connectivity index (χ1n) is 8.42. The molecule has 0 bridgehead atoms. The van der Waals surface area contributed by atoms with Gasteiger partial charge < -0.3 is 20.5 Å². The van der Waals surface area contributed by atoms with Crippen molar-refractivity contribution in [1.82, 2.24) is 5.32 Å². The van der Waals surface area contributed by atoms with E-state index in [0.29, 0.717) is 19.8 Å². The molecular formula is C18H29ClN2O3.